The van der Waals surface area contributed by atoms with Crippen molar-refractivity contribution in [1.82, 2.24) is 0 Å². The highest BCUT2D eigenvalue weighted by Crippen LogP contribution is 2.30. The predicted octanol–water partition coefficient (Wildman–Crippen LogP) is 4.50. The Hall–Kier alpha value is -2.03. The number of nitrogen functional groups attached to an aromatic ring is 1. The first-order valence-electron chi connectivity index (χ1n) is 6.20. The van der Waals surface area contributed by atoms with Crippen LogP contribution < -0.4 is 10.5 Å². The first kappa shape index (κ1) is 13.4. The Labute approximate surface area is 113 Å². The van der Waals surface area contributed by atoms with Crippen molar-refractivity contribution in [1.29, 1.82) is 0 Å². The van der Waals surface area contributed by atoms with Gasteiger partial charge in [0.1, 0.15) is 17.3 Å². The zero-order valence-electron chi connectivity index (χ0n) is 11.4. The van der Waals surface area contributed by atoms with Crippen molar-refractivity contribution in [2.24, 2.45) is 0 Å². The number of nitrogens with two attached hydrogens (primary N) is 1. The van der Waals surface area contributed by atoms with Gasteiger partial charge in [-0.05, 0) is 35.2 Å². The average molecular weight is 259 g/mol. The minimum Gasteiger partial charge on any atom is -0.455 e. The SMILES string of the molecule is CC(C)(C)c1ccc(Oc2cccc(F)c2N)cc1. The molecule has 0 bridgehead atoms. The molecule has 2 aromatic carbocycles. The third kappa shape index (κ3) is 3.05. The molecular formula is C16H18FNO. The van der Waals surface area contributed by atoms with Gasteiger partial charge in [-0.15, -0.1) is 0 Å². The Bertz CT molecular complexity index is 570. The van der Waals surface area contributed by atoms with Crippen LogP contribution in [0, 0.1) is 5.82 Å². The van der Waals surface area contributed by atoms with Gasteiger partial charge >= 0.3 is 0 Å². The minimum atomic E-state index is -0.469. The lowest BCUT2D eigenvalue weighted by Crippen LogP contribution is -2.10. The first-order valence-corrected chi connectivity index (χ1v) is 6.20. The van der Waals surface area contributed by atoms with Crippen LogP contribution in [0.5, 0.6) is 11.5 Å². The number of anilines is 1. The Balaban J connectivity index is 2.23. The van der Waals surface area contributed by atoms with Crippen LogP contribution in [0.2, 0.25) is 0 Å². The maximum absolute atomic E-state index is 13.3. The van der Waals surface area contributed by atoms with Crippen LogP contribution >= 0.6 is 0 Å². The van der Waals surface area contributed by atoms with Gasteiger partial charge in [-0.1, -0.05) is 39.0 Å². The van der Waals surface area contributed by atoms with Gasteiger partial charge in [-0.2, -0.15) is 0 Å². The molecule has 0 fully saturated rings. The standard InChI is InChI=1S/C16H18FNO/c1-16(2,3)11-7-9-12(10-8-11)19-14-6-4-5-13(17)15(14)18/h4-10H,18H2,1-3H3. The summed E-state index contributed by atoms with van der Waals surface area (Å²) < 4.78 is 18.9. The molecule has 0 aliphatic heterocycles. The number of hydrogen-bond donors (Lipinski definition) is 1. The average Bonchev–Trinajstić information content (AvgIpc) is 2.35. The fraction of sp³-hybridized carbons (Fsp3) is 0.250. The van der Waals surface area contributed by atoms with E-state index in [9.17, 15) is 4.39 Å². The lowest BCUT2D eigenvalue weighted by atomic mass is 9.87. The molecular weight excluding hydrogens is 241 g/mol. The summed E-state index contributed by atoms with van der Waals surface area (Å²) in [6.45, 7) is 6.44. The Morgan fingerprint density at radius 3 is 2.21 bits per heavy atom. The van der Waals surface area contributed by atoms with E-state index in [0.29, 0.717) is 11.5 Å². The zero-order chi connectivity index (χ0) is 14.0. The third-order valence-electron chi connectivity index (χ3n) is 2.96. The molecule has 0 heterocycles. The van der Waals surface area contributed by atoms with Gasteiger partial charge in [0.15, 0.2) is 5.75 Å². The lowest BCUT2D eigenvalue weighted by Gasteiger charge is -2.19. The molecule has 0 saturated heterocycles. The van der Waals surface area contributed by atoms with Crippen LogP contribution in [0.4, 0.5) is 10.1 Å². The molecule has 2 rings (SSSR count). The molecule has 19 heavy (non-hydrogen) atoms. The van der Waals surface area contributed by atoms with Crippen LogP contribution in [0.1, 0.15) is 26.3 Å². The Morgan fingerprint density at radius 1 is 1.00 bits per heavy atom. The maximum Gasteiger partial charge on any atom is 0.153 e. The molecule has 0 radical (unpaired) electrons. The highest BCUT2D eigenvalue weighted by atomic mass is 19.1. The third-order valence-corrected chi connectivity index (χ3v) is 2.96. The summed E-state index contributed by atoms with van der Waals surface area (Å²) in [6.07, 6.45) is 0. The Kier molecular flexibility index (Phi) is 3.47. The van der Waals surface area contributed by atoms with E-state index in [1.807, 2.05) is 24.3 Å². The van der Waals surface area contributed by atoms with Crippen molar-refractivity contribution < 1.29 is 9.13 Å². The quantitative estimate of drug-likeness (QED) is 0.806. The molecule has 2 nitrogen and oxygen atoms in total. The van der Waals surface area contributed by atoms with Crippen LogP contribution in [0.25, 0.3) is 0 Å². The molecule has 0 atom stereocenters. The van der Waals surface area contributed by atoms with Crippen molar-refractivity contribution >= 4 is 5.69 Å². The highest BCUT2D eigenvalue weighted by Gasteiger charge is 2.13. The van der Waals surface area contributed by atoms with Crippen molar-refractivity contribution in [2.75, 3.05) is 5.73 Å². The van der Waals surface area contributed by atoms with E-state index in [0.717, 1.165) is 0 Å². The molecule has 0 aromatic heterocycles. The van der Waals surface area contributed by atoms with Crippen molar-refractivity contribution in [3.63, 3.8) is 0 Å². The molecule has 0 aliphatic carbocycles. The van der Waals surface area contributed by atoms with E-state index in [2.05, 4.69) is 20.8 Å². The number of hydrogen-bond acceptors (Lipinski definition) is 2. The van der Waals surface area contributed by atoms with Crippen molar-refractivity contribution in [2.45, 2.75) is 26.2 Å². The smallest absolute Gasteiger partial charge is 0.153 e. The van der Waals surface area contributed by atoms with E-state index in [4.69, 9.17) is 10.5 Å². The molecule has 0 aliphatic rings. The number of ether oxygens (including phenoxy) is 1. The van der Waals surface area contributed by atoms with Gasteiger partial charge in [0.05, 0.1) is 0 Å². The normalized spacial score (nSPS) is 11.4. The van der Waals surface area contributed by atoms with E-state index in [1.54, 1.807) is 12.1 Å². The van der Waals surface area contributed by atoms with Gasteiger partial charge in [0.25, 0.3) is 0 Å². The molecule has 0 spiro atoms. The number of halogens is 1. The zero-order valence-corrected chi connectivity index (χ0v) is 11.4. The summed E-state index contributed by atoms with van der Waals surface area (Å²) in [7, 11) is 0. The molecule has 0 unspecified atom stereocenters. The molecule has 100 valence electrons. The maximum atomic E-state index is 13.3. The van der Waals surface area contributed by atoms with Crippen molar-refractivity contribution in [3.05, 3.63) is 53.8 Å². The van der Waals surface area contributed by atoms with Gasteiger partial charge in [0, 0.05) is 0 Å². The van der Waals surface area contributed by atoms with E-state index in [-0.39, 0.29) is 11.1 Å². The molecule has 3 heteroatoms. The Morgan fingerprint density at radius 2 is 1.63 bits per heavy atom. The van der Waals surface area contributed by atoms with E-state index in [1.165, 1.54) is 11.6 Å². The molecule has 2 N–H and O–H groups in total. The molecule has 0 amide bonds. The predicted molar refractivity (Wildman–Crippen MR) is 76.0 cm³/mol. The second-order valence-electron chi connectivity index (χ2n) is 5.53. The summed E-state index contributed by atoms with van der Waals surface area (Å²) in [5.41, 5.74) is 6.97. The summed E-state index contributed by atoms with van der Waals surface area (Å²) >= 11 is 0. The second kappa shape index (κ2) is 4.92. The number of benzene rings is 2. The second-order valence-corrected chi connectivity index (χ2v) is 5.53. The summed E-state index contributed by atoms with van der Waals surface area (Å²) in [6, 6.07) is 12.3. The van der Waals surface area contributed by atoms with E-state index < -0.39 is 5.82 Å². The van der Waals surface area contributed by atoms with Crippen LogP contribution in [0.15, 0.2) is 42.5 Å². The van der Waals surface area contributed by atoms with Gasteiger partial charge in [-0.25, -0.2) is 4.39 Å². The molecule has 0 saturated carbocycles. The van der Waals surface area contributed by atoms with Gasteiger partial charge in [-0.3, -0.25) is 0 Å². The lowest BCUT2D eigenvalue weighted by molar-refractivity contribution is 0.479. The van der Waals surface area contributed by atoms with Gasteiger partial charge in [0.2, 0.25) is 0 Å². The number of rotatable bonds is 2. The summed E-state index contributed by atoms with van der Waals surface area (Å²) in [4.78, 5) is 0. The summed E-state index contributed by atoms with van der Waals surface area (Å²) in [5, 5.41) is 0. The first-order chi connectivity index (χ1) is 8.88. The number of para-hydroxylation sites is 1. The largest absolute Gasteiger partial charge is 0.455 e. The van der Waals surface area contributed by atoms with Crippen LogP contribution in [0.3, 0.4) is 0 Å². The van der Waals surface area contributed by atoms with Crippen LogP contribution in [-0.4, -0.2) is 0 Å². The summed E-state index contributed by atoms with van der Waals surface area (Å²) in [5.74, 6) is 0.512. The minimum absolute atomic E-state index is 0.0300. The topological polar surface area (TPSA) is 35.2 Å². The fourth-order valence-electron chi connectivity index (χ4n) is 1.76. The molecule has 2 aromatic rings. The monoisotopic (exact) mass is 259 g/mol. The van der Waals surface area contributed by atoms with Gasteiger partial charge < -0.3 is 10.5 Å². The highest BCUT2D eigenvalue weighted by molar-refractivity contribution is 5.54. The van der Waals surface area contributed by atoms with E-state index >= 15 is 0 Å². The van der Waals surface area contributed by atoms with Crippen LogP contribution in [-0.2, 0) is 5.41 Å². The fourth-order valence-corrected chi connectivity index (χ4v) is 1.76. The van der Waals surface area contributed by atoms with Crippen molar-refractivity contribution in [3.8, 4) is 11.5 Å².